The van der Waals surface area contributed by atoms with Crippen LogP contribution in [0.3, 0.4) is 0 Å². The number of nitrogens with zero attached hydrogens (tertiary/aromatic N) is 1. The first-order valence-corrected chi connectivity index (χ1v) is 10.0. The number of phenolic OH excluding ortho intramolecular Hbond substituents is 1. The summed E-state index contributed by atoms with van der Waals surface area (Å²) in [5, 5.41) is 12.8. The average Bonchev–Trinajstić information content (AvgIpc) is 2.57. The van der Waals surface area contributed by atoms with Gasteiger partial charge in [-0.2, -0.15) is 0 Å². The van der Waals surface area contributed by atoms with Crippen LogP contribution in [0, 0.1) is 14.1 Å². The van der Waals surface area contributed by atoms with Crippen molar-refractivity contribution >= 4 is 86.1 Å². The van der Waals surface area contributed by atoms with Gasteiger partial charge in [0.05, 0.1) is 9.26 Å². The molecule has 26 heavy (non-hydrogen) atoms. The number of hydrogen-bond acceptors (Lipinski definition) is 4. The zero-order chi connectivity index (χ0) is 19.0. The van der Waals surface area contributed by atoms with E-state index in [1.165, 1.54) is 11.0 Å². The lowest BCUT2D eigenvalue weighted by Crippen LogP contribution is -2.54. The Kier molecular flexibility index (Phi) is 5.63. The number of aromatic hydroxyl groups is 1. The molecule has 0 atom stereocenters. The molecule has 2 aromatic rings. The van der Waals surface area contributed by atoms with Gasteiger partial charge in [-0.1, -0.05) is 18.2 Å². The number of nitrogens with one attached hydrogen (secondary N) is 1. The molecule has 0 aromatic heterocycles. The van der Waals surface area contributed by atoms with E-state index in [1.54, 1.807) is 24.3 Å². The van der Waals surface area contributed by atoms with Gasteiger partial charge < -0.3 is 5.11 Å². The minimum atomic E-state index is -0.585. The highest BCUT2D eigenvalue weighted by molar-refractivity contribution is 14.1. The maximum absolute atomic E-state index is 13.0. The van der Waals surface area contributed by atoms with Gasteiger partial charge in [-0.25, -0.2) is 0 Å². The number of para-hydroxylation sites is 1. The second-order valence-electron chi connectivity index (χ2n) is 5.57. The van der Waals surface area contributed by atoms with E-state index in [2.05, 4.69) is 27.9 Å². The van der Waals surface area contributed by atoms with E-state index in [1.807, 2.05) is 41.6 Å². The minimum absolute atomic E-state index is 0.0229. The van der Waals surface area contributed by atoms with E-state index in [-0.39, 0.29) is 16.4 Å². The predicted octanol–water partition coefficient (Wildman–Crippen LogP) is 3.74. The highest BCUT2D eigenvalue weighted by Crippen LogP contribution is 2.30. The van der Waals surface area contributed by atoms with Crippen LogP contribution in [0.15, 0.2) is 42.0 Å². The van der Waals surface area contributed by atoms with Crippen LogP contribution in [0.4, 0.5) is 5.69 Å². The molecule has 1 fully saturated rings. The van der Waals surface area contributed by atoms with Gasteiger partial charge in [-0.3, -0.25) is 19.8 Å². The quantitative estimate of drug-likeness (QED) is 0.242. The fourth-order valence-electron chi connectivity index (χ4n) is 2.54. The maximum atomic E-state index is 13.0. The Hall–Kier alpha value is -1.53. The number of phenols is 1. The molecule has 0 saturated carbocycles. The lowest BCUT2D eigenvalue weighted by atomic mass is 10.1. The van der Waals surface area contributed by atoms with Gasteiger partial charge in [0.2, 0.25) is 0 Å². The third kappa shape index (κ3) is 3.62. The number of thiocarbonyl (C=S) groups is 1. The first-order chi connectivity index (χ1) is 12.3. The number of halogens is 2. The van der Waals surface area contributed by atoms with Crippen LogP contribution in [0.2, 0.25) is 0 Å². The molecule has 1 aliphatic heterocycles. The Morgan fingerprint density at radius 1 is 1.19 bits per heavy atom. The second kappa shape index (κ2) is 7.61. The summed E-state index contributed by atoms with van der Waals surface area (Å²) in [7, 11) is 0. The Bertz CT molecular complexity index is 988. The fourth-order valence-corrected chi connectivity index (χ4v) is 4.71. The predicted molar refractivity (Wildman–Crippen MR) is 121 cm³/mol. The van der Waals surface area contributed by atoms with Crippen LogP contribution in [0.5, 0.6) is 5.75 Å². The lowest BCUT2D eigenvalue weighted by Gasteiger charge is -2.30. The minimum Gasteiger partial charge on any atom is -0.506 e. The molecular weight excluding hydrogens is 578 g/mol. The molecule has 0 bridgehead atoms. The van der Waals surface area contributed by atoms with Crippen molar-refractivity contribution in [2.24, 2.45) is 0 Å². The van der Waals surface area contributed by atoms with Crippen LogP contribution in [-0.4, -0.2) is 22.0 Å². The topological polar surface area (TPSA) is 69.6 Å². The molecule has 5 nitrogen and oxygen atoms in total. The van der Waals surface area contributed by atoms with E-state index >= 15 is 0 Å². The number of aryl methyl sites for hydroxylation is 1. The van der Waals surface area contributed by atoms with Gasteiger partial charge >= 0.3 is 0 Å². The molecule has 0 spiro atoms. The van der Waals surface area contributed by atoms with E-state index in [4.69, 9.17) is 12.2 Å². The standard InChI is InChI=1S/C18H12I2N2O3S/c1-9-4-2-3-5-14(9)22-17(25)12(16(24)21-18(22)26)7-10-6-11(19)8-13(20)15(10)23/h2-8,23H,1H3,(H,21,24,26)/b12-7+. The normalized spacial score (nSPS) is 16.2. The van der Waals surface area contributed by atoms with Gasteiger partial charge in [0, 0.05) is 9.13 Å². The molecule has 1 aliphatic rings. The van der Waals surface area contributed by atoms with Crippen LogP contribution in [0.1, 0.15) is 11.1 Å². The molecule has 0 radical (unpaired) electrons. The fraction of sp³-hybridized carbons (Fsp3) is 0.0556. The molecule has 2 N–H and O–H groups in total. The van der Waals surface area contributed by atoms with Crippen molar-refractivity contribution in [1.82, 2.24) is 5.32 Å². The number of carbonyl (C=O) groups is 2. The van der Waals surface area contributed by atoms with Crippen molar-refractivity contribution in [3.63, 3.8) is 0 Å². The van der Waals surface area contributed by atoms with Gasteiger partial charge in [-0.15, -0.1) is 0 Å². The third-order valence-corrected chi connectivity index (χ3v) is 5.55. The molecule has 3 rings (SSSR count). The van der Waals surface area contributed by atoms with Gasteiger partial charge in [0.25, 0.3) is 11.8 Å². The van der Waals surface area contributed by atoms with Gasteiger partial charge in [0.15, 0.2) is 5.11 Å². The highest BCUT2D eigenvalue weighted by atomic mass is 127. The summed E-state index contributed by atoms with van der Waals surface area (Å²) < 4.78 is 1.52. The van der Waals surface area contributed by atoms with Crippen molar-refractivity contribution in [2.45, 2.75) is 6.92 Å². The number of anilines is 1. The zero-order valence-corrected chi connectivity index (χ0v) is 18.5. The molecule has 2 amide bonds. The van der Waals surface area contributed by atoms with E-state index in [9.17, 15) is 14.7 Å². The summed E-state index contributed by atoms with van der Waals surface area (Å²) in [6.45, 7) is 1.86. The van der Waals surface area contributed by atoms with Crippen LogP contribution in [0.25, 0.3) is 6.08 Å². The van der Waals surface area contributed by atoms with Crippen LogP contribution in [-0.2, 0) is 9.59 Å². The van der Waals surface area contributed by atoms with Crippen molar-refractivity contribution in [3.8, 4) is 5.75 Å². The Labute approximate surface area is 182 Å². The number of benzene rings is 2. The van der Waals surface area contributed by atoms with Crippen molar-refractivity contribution < 1.29 is 14.7 Å². The highest BCUT2D eigenvalue weighted by Gasteiger charge is 2.35. The number of rotatable bonds is 2. The molecule has 0 unspecified atom stereocenters. The van der Waals surface area contributed by atoms with Crippen LogP contribution >= 0.6 is 57.4 Å². The van der Waals surface area contributed by atoms with Crippen LogP contribution < -0.4 is 10.2 Å². The summed E-state index contributed by atoms with van der Waals surface area (Å²) in [4.78, 5) is 26.7. The second-order valence-corrected chi connectivity index (χ2v) is 8.36. The molecule has 0 aliphatic carbocycles. The third-order valence-electron chi connectivity index (χ3n) is 3.82. The van der Waals surface area contributed by atoms with Crippen molar-refractivity contribution in [1.29, 1.82) is 0 Å². The molecule has 132 valence electrons. The van der Waals surface area contributed by atoms with E-state index in [0.29, 0.717) is 14.8 Å². The van der Waals surface area contributed by atoms with Crippen molar-refractivity contribution in [3.05, 3.63) is 60.2 Å². The summed E-state index contributed by atoms with van der Waals surface area (Å²) in [5.74, 6) is -1.09. The first-order valence-electron chi connectivity index (χ1n) is 7.44. The Morgan fingerprint density at radius 2 is 1.88 bits per heavy atom. The maximum Gasteiger partial charge on any atom is 0.270 e. The SMILES string of the molecule is Cc1ccccc1N1C(=O)/C(=C/c2cc(I)cc(I)c2O)C(=O)NC1=S. The summed E-state index contributed by atoms with van der Waals surface area (Å²) in [5.41, 5.74) is 1.77. The largest absolute Gasteiger partial charge is 0.506 e. The summed E-state index contributed by atoms with van der Waals surface area (Å²) >= 11 is 9.31. The molecule has 1 saturated heterocycles. The zero-order valence-electron chi connectivity index (χ0n) is 13.4. The lowest BCUT2D eigenvalue weighted by molar-refractivity contribution is -0.122. The molecular formula is C18H12I2N2O3S. The van der Waals surface area contributed by atoms with Gasteiger partial charge in [-0.05, 0) is 94.2 Å². The van der Waals surface area contributed by atoms with E-state index in [0.717, 1.165) is 9.13 Å². The molecule has 2 aromatic carbocycles. The van der Waals surface area contributed by atoms with Crippen molar-refractivity contribution in [2.75, 3.05) is 4.90 Å². The summed E-state index contributed by atoms with van der Waals surface area (Å²) in [6, 6.07) is 10.8. The number of amides is 2. The molecule has 8 heteroatoms. The summed E-state index contributed by atoms with van der Waals surface area (Å²) in [6.07, 6.45) is 1.39. The molecule has 1 heterocycles. The smallest absolute Gasteiger partial charge is 0.270 e. The number of carbonyl (C=O) groups excluding carboxylic acids is 2. The Morgan fingerprint density at radius 3 is 2.58 bits per heavy atom. The van der Waals surface area contributed by atoms with E-state index < -0.39 is 11.8 Å². The first kappa shape index (κ1) is 19.2. The monoisotopic (exact) mass is 590 g/mol. The Balaban J connectivity index is 2.11. The number of hydrogen-bond donors (Lipinski definition) is 2. The average molecular weight is 590 g/mol. The van der Waals surface area contributed by atoms with Gasteiger partial charge in [0.1, 0.15) is 11.3 Å².